The molecule has 0 radical (unpaired) electrons. The number of thioether (sulfide) groups is 1. The molecule has 0 saturated carbocycles. The van der Waals surface area contributed by atoms with E-state index < -0.39 is 17.8 Å². The van der Waals surface area contributed by atoms with Crippen LogP contribution in [0.15, 0.2) is 0 Å². The van der Waals surface area contributed by atoms with Crippen LogP contribution in [0.4, 0.5) is 0 Å². The Bertz CT molecular complexity index is 357. The molecule has 0 fully saturated rings. The van der Waals surface area contributed by atoms with Crippen LogP contribution in [-0.2, 0) is 28.6 Å². The van der Waals surface area contributed by atoms with Crippen molar-refractivity contribution in [1.29, 1.82) is 0 Å². The highest BCUT2D eigenvalue weighted by Crippen LogP contribution is 2.13. The molecule has 8 heteroatoms. The Morgan fingerprint density at radius 2 is 1.57 bits per heavy atom. The zero-order chi connectivity index (χ0) is 16.3. The van der Waals surface area contributed by atoms with Gasteiger partial charge in [0.15, 0.2) is 5.12 Å². The fourth-order valence-corrected chi connectivity index (χ4v) is 2.00. The average Bonchev–Trinajstić information content (AvgIpc) is 2.43. The van der Waals surface area contributed by atoms with E-state index in [1.807, 2.05) is 0 Å². The van der Waals surface area contributed by atoms with Crippen LogP contribution in [-0.4, -0.2) is 42.9 Å². The highest BCUT2D eigenvalue weighted by Gasteiger charge is 2.23. The summed E-state index contributed by atoms with van der Waals surface area (Å²) in [5.74, 6) is -1.88. The lowest BCUT2D eigenvalue weighted by atomic mass is 10.2. The van der Waals surface area contributed by atoms with Gasteiger partial charge >= 0.3 is 11.9 Å². The Balaban J connectivity index is 3.78. The molecule has 0 heterocycles. The molecule has 0 aromatic carbocycles. The van der Waals surface area contributed by atoms with Gasteiger partial charge in [-0.15, -0.1) is 0 Å². The number of esters is 2. The van der Waals surface area contributed by atoms with Gasteiger partial charge in [-0.3, -0.25) is 20.1 Å². The van der Waals surface area contributed by atoms with Crippen molar-refractivity contribution < 1.29 is 28.6 Å². The van der Waals surface area contributed by atoms with E-state index in [0.29, 0.717) is 25.0 Å². The van der Waals surface area contributed by atoms with Crippen LogP contribution in [0, 0.1) is 0 Å². The number of carbonyl (C=O) groups excluding carboxylic acids is 3. The van der Waals surface area contributed by atoms with Gasteiger partial charge < -0.3 is 14.2 Å². The van der Waals surface area contributed by atoms with E-state index in [0.717, 1.165) is 11.8 Å². The van der Waals surface area contributed by atoms with Crippen molar-refractivity contribution in [1.82, 2.24) is 0 Å². The van der Waals surface area contributed by atoms with E-state index >= 15 is 0 Å². The molecule has 122 valence electrons. The summed E-state index contributed by atoms with van der Waals surface area (Å²) in [5, 5.41) is 0.000924. The minimum Gasteiger partial charge on any atom is -0.393 e. The second-order valence-corrected chi connectivity index (χ2v) is 5.64. The molecule has 0 atom stereocenters. The minimum absolute atomic E-state index is 0.000924. The van der Waals surface area contributed by atoms with E-state index in [4.69, 9.17) is 15.2 Å². The first-order valence-electron chi connectivity index (χ1n) is 6.59. The Hall–Kier alpha value is -0.960. The Morgan fingerprint density at radius 3 is 2.05 bits per heavy atom. The van der Waals surface area contributed by atoms with Crippen molar-refractivity contribution in [3.8, 4) is 0 Å². The predicted octanol–water partition coefficient (Wildman–Crippen LogP) is 1.19. The van der Waals surface area contributed by atoms with Crippen molar-refractivity contribution in [3.05, 3.63) is 0 Å². The fraction of sp³-hybridized carbons (Fsp3) is 0.769. The highest BCUT2D eigenvalue weighted by atomic mass is 32.2. The van der Waals surface area contributed by atoms with Gasteiger partial charge in [0.05, 0.1) is 0 Å². The van der Waals surface area contributed by atoms with Gasteiger partial charge in [-0.1, -0.05) is 11.8 Å². The zero-order valence-electron chi connectivity index (χ0n) is 12.7. The first-order valence-corrected chi connectivity index (χ1v) is 7.57. The third kappa shape index (κ3) is 10.4. The smallest absolute Gasteiger partial charge is 0.313 e. The fourth-order valence-electron chi connectivity index (χ4n) is 1.43. The van der Waals surface area contributed by atoms with Crippen LogP contribution in [0.2, 0.25) is 0 Å². The summed E-state index contributed by atoms with van der Waals surface area (Å²) in [7, 11) is 2.81. The quantitative estimate of drug-likeness (QED) is 0.277. The van der Waals surface area contributed by atoms with Crippen molar-refractivity contribution in [2.45, 2.75) is 44.9 Å². The summed E-state index contributed by atoms with van der Waals surface area (Å²) in [4.78, 5) is 33.5. The molecule has 21 heavy (non-hydrogen) atoms. The molecule has 0 spiro atoms. The highest BCUT2D eigenvalue weighted by molar-refractivity contribution is 8.13. The summed E-state index contributed by atoms with van der Waals surface area (Å²) in [6.45, 7) is 1.46. The van der Waals surface area contributed by atoms with Crippen molar-refractivity contribution >= 4 is 28.8 Å². The molecular formula is C13H23NO6S. The van der Waals surface area contributed by atoms with Gasteiger partial charge in [0, 0.05) is 46.2 Å². The van der Waals surface area contributed by atoms with Crippen molar-refractivity contribution in [3.63, 3.8) is 0 Å². The SMILES string of the molecule is COC(N)(CCCC(=O)OC(=O)CCCSC(C)=O)OC. The number of nitrogens with two attached hydrogens (primary N) is 1. The van der Waals surface area contributed by atoms with Gasteiger partial charge in [-0.25, -0.2) is 0 Å². The second-order valence-electron chi connectivity index (χ2n) is 4.36. The first kappa shape index (κ1) is 20.0. The summed E-state index contributed by atoms with van der Waals surface area (Å²) in [5.41, 5.74) is 5.70. The predicted molar refractivity (Wildman–Crippen MR) is 78.3 cm³/mol. The molecule has 0 aliphatic heterocycles. The number of rotatable bonds is 10. The Labute approximate surface area is 128 Å². The largest absolute Gasteiger partial charge is 0.393 e. The van der Waals surface area contributed by atoms with Gasteiger partial charge in [-0.05, 0) is 12.8 Å². The normalized spacial score (nSPS) is 11.2. The van der Waals surface area contributed by atoms with Gasteiger partial charge in [0.25, 0.3) is 0 Å². The van der Waals surface area contributed by atoms with Crippen molar-refractivity contribution in [2.24, 2.45) is 5.73 Å². The summed E-state index contributed by atoms with van der Waals surface area (Å²) < 4.78 is 14.5. The van der Waals surface area contributed by atoms with Crippen LogP contribution in [0.1, 0.15) is 39.0 Å². The maximum Gasteiger partial charge on any atom is 0.313 e. The van der Waals surface area contributed by atoms with E-state index in [9.17, 15) is 14.4 Å². The number of methoxy groups -OCH3 is 2. The van der Waals surface area contributed by atoms with E-state index in [1.165, 1.54) is 21.1 Å². The van der Waals surface area contributed by atoms with Crippen LogP contribution >= 0.6 is 11.8 Å². The molecule has 7 nitrogen and oxygen atoms in total. The van der Waals surface area contributed by atoms with Crippen LogP contribution in [0.25, 0.3) is 0 Å². The van der Waals surface area contributed by atoms with Crippen LogP contribution < -0.4 is 5.73 Å². The number of ether oxygens (including phenoxy) is 3. The van der Waals surface area contributed by atoms with Crippen LogP contribution in [0.5, 0.6) is 0 Å². The third-order valence-corrected chi connectivity index (χ3v) is 3.55. The van der Waals surface area contributed by atoms with Gasteiger partial charge in [0.2, 0.25) is 5.91 Å². The summed E-state index contributed by atoms with van der Waals surface area (Å²) in [6, 6.07) is 0. The molecule has 2 N–H and O–H groups in total. The number of hydrogen-bond donors (Lipinski definition) is 1. The molecule has 0 amide bonds. The molecule has 0 unspecified atom stereocenters. The van der Waals surface area contributed by atoms with Gasteiger partial charge in [-0.2, -0.15) is 0 Å². The minimum atomic E-state index is -1.23. The average molecular weight is 321 g/mol. The Morgan fingerprint density at radius 1 is 1.05 bits per heavy atom. The maximum atomic E-state index is 11.4. The summed E-state index contributed by atoms with van der Waals surface area (Å²) >= 11 is 1.14. The third-order valence-electron chi connectivity index (χ3n) is 2.66. The summed E-state index contributed by atoms with van der Waals surface area (Å²) in [6.07, 6.45) is 1.35. The van der Waals surface area contributed by atoms with E-state index in [-0.39, 0.29) is 18.0 Å². The molecular weight excluding hydrogens is 298 g/mol. The molecule has 0 aliphatic rings. The molecule has 0 bridgehead atoms. The molecule has 0 aromatic rings. The lowest BCUT2D eigenvalue weighted by molar-refractivity contribution is -0.207. The van der Waals surface area contributed by atoms with E-state index in [1.54, 1.807) is 0 Å². The standard InChI is InChI=1S/C13H23NO6S/c1-10(15)21-9-5-7-12(17)20-11(16)6-4-8-13(14,18-2)19-3/h4-9,14H2,1-3H3. The topological polar surface area (TPSA) is 105 Å². The second kappa shape index (κ2) is 10.7. The zero-order valence-corrected chi connectivity index (χ0v) is 13.5. The molecule has 0 aromatic heterocycles. The lowest BCUT2D eigenvalue weighted by Gasteiger charge is -2.25. The first-order chi connectivity index (χ1) is 9.83. The monoisotopic (exact) mass is 321 g/mol. The van der Waals surface area contributed by atoms with E-state index in [2.05, 4.69) is 4.74 Å². The van der Waals surface area contributed by atoms with Crippen LogP contribution in [0.3, 0.4) is 0 Å². The van der Waals surface area contributed by atoms with Gasteiger partial charge in [0.1, 0.15) is 0 Å². The molecule has 0 rings (SSSR count). The number of carbonyl (C=O) groups is 3. The molecule has 0 aliphatic carbocycles. The molecule has 0 saturated heterocycles. The number of hydrogen-bond acceptors (Lipinski definition) is 8. The Kier molecular flexibility index (Phi) is 10.2. The lowest BCUT2D eigenvalue weighted by Crippen LogP contribution is -2.43. The maximum absolute atomic E-state index is 11.4. The van der Waals surface area contributed by atoms with Crippen molar-refractivity contribution in [2.75, 3.05) is 20.0 Å².